The van der Waals surface area contributed by atoms with Crippen LogP contribution in [0.5, 0.6) is 5.75 Å². The number of aromatic nitrogens is 1. The van der Waals surface area contributed by atoms with Crippen molar-refractivity contribution < 1.29 is 23.1 Å². The van der Waals surface area contributed by atoms with Crippen LogP contribution < -0.4 is 10.1 Å². The fourth-order valence-electron chi connectivity index (χ4n) is 3.66. The first kappa shape index (κ1) is 27.8. The summed E-state index contributed by atoms with van der Waals surface area (Å²) in [6.07, 6.45) is 7.98. The topological polar surface area (TPSA) is 109 Å². The van der Waals surface area contributed by atoms with E-state index in [9.17, 15) is 14.0 Å². The number of thioether (sulfide) groups is 1. The molecule has 0 unspecified atom stereocenters. The number of nitrogens with one attached hydrogen (secondary N) is 1. The number of hydrogen-bond donors (Lipinski definition) is 1. The van der Waals surface area contributed by atoms with Crippen molar-refractivity contribution in [3.8, 4) is 5.75 Å². The summed E-state index contributed by atoms with van der Waals surface area (Å²) in [6, 6.07) is 17.3. The van der Waals surface area contributed by atoms with Crippen LogP contribution in [0.25, 0.3) is 6.08 Å². The third kappa shape index (κ3) is 7.47. The molecule has 0 aliphatic carbocycles. The number of amidine groups is 1. The molecule has 206 valence electrons. The Balaban J connectivity index is 1.36. The molecule has 2 amide bonds. The summed E-state index contributed by atoms with van der Waals surface area (Å²) < 4.78 is 24.3. The number of carbonyl (C=O) groups excluding carboxylic acids is 2. The Morgan fingerprint density at radius 1 is 1.17 bits per heavy atom. The first-order chi connectivity index (χ1) is 19.9. The standard InChI is InChI=1S/C29H21ClFN5O4S/c30-21-5-10-25(40-18-27(37)34-23-8-6-22(31)7-9-23)20(13-21)14-26-28(38)36(17-24-4-2-12-39-24)29(41-26)35-33-16-19-3-1-11-32-15-19/h1-16H,17-18H2,(H,34,37)/b26-14-,33-16-,35-29+. The largest absolute Gasteiger partial charge is 0.483 e. The Kier molecular flexibility index (Phi) is 8.87. The average molecular weight is 590 g/mol. The zero-order valence-corrected chi connectivity index (χ0v) is 22.8. The van der Waals surface area contributed by atoms with Gasteiger partial charge in [0.1, 0.15) is 17.3 Å². The molecule has 0 bridgehead atoms. The minimum atomic E-state index is -0.443. The number of carbonyl (C=O) groups is 2. The molecule has 1 N–H and O–H groups in total. The van der Waals surface area contributed by atoms with E-state index in [2.05, 4.69) is 20.5 Å². The molecule has 1 fully saturated rings. The molecule has 2 aromatic carbocycles. The van der Waals surface area contributed by atoms with Crippen LogP contribution in [-0.4, -0.2) is 39.7 Å². The van der Waals surface area contributed by atoms with Gasteiger partial charge in [-0.3, -0.25) is 19.5 Å². The summed E-state index contributed by atoms with van der Waals surface area (Å²) in [4.78, 5) is 31.7. The SMILES string of the molecule is O=C(COc1ccc(Cl)cc1/C=C1\S/C(=N/N=C\c2cccnc2)N(Cc2ccco2)C1=O)Nc1ccc(F)cc1. The number of hydrogen-bond acceptors (Lipinski definition) is 8. The zero-order chi connectivity index (χ0) is 28.6. The molecule has 9 nitrogen and oxygen atoms in total. The Morgan fingerprint density at radius 2 is 2.02 bits per heavy atom. The molecule has 4 aromatic rings. The van der Waals surface area contributed by atoms with Gasteiger partial charge in [0.2, 0.25) is 0 Å². The van der Waals surface area contributed by atoms with Gasteiger partial charge in [0.05, 0.1) is 23.9 Å². The van der Waals surface area contributed by atoms with Crippen LogP contribution >= 0.6 is 23.4 Å². The van der Waals surface area contributed by atoms with Gasteiger partial charge in [-0.2, -0.15) is 5.10 Å². The van der Waals surface area contributed by atoms with E-state index in [0.717, 1.165) is 17.3 Å². The summed E-state index contributed by atoms with van der Waals surface area (Å²) in [5.74, 6) is -0.262. The number of pyridine rings is 1. The fourth-order valence-corrected chi connectivity index (χ4v) is 4.76. The highest BCUT2D eigenvalue weighted by Gasteiger charge is 2.34. The van der Waals surface area contributed by atoms with E-state index in [1.165, 1.54) is 41.6 Å². The molecule has 3 heterocycles. The second-order valence-corrected chi connectivity index (χ2v) is 9.97. The summed E-state index contributed by atoms with van der Waals surface area (Å²) in [6.45, 7) is -0.170. The summed E-state index contributed by atoms with van der Waals surface area (Å²) in [7, 11) is 0. The van der Waals surface area contributed by atoms with Gasteiger partial charge in [0.25, 0.3) is 11.8 Å². The maximum atomic E-state index is 13.5. The van der Waals surface area contributed by atoms with Crippen LogP contribution in [0.4, 0.5) is 10.1 Å². The van der Waals surface area contributed by atoms with Crippen molar-refractivity contribution in [3.05, 3.63) is 118 Å². The van der Waals surface area contributed by atoms with Gasteiger partial charge in [-0.1, -0.05) is 17.7 Å². The summed E-state index contributed by atoms with van der Waals surface area (Å²) >= 11 is 7.37. The maximum absolute atomic E-state index is 13.5. The highest BCUT2D eigenvalue weighted by Crippen LogP contribution is 2.36. The lowest BCUT2D eigenvalue weighted by Gasteiger charge is -2.13. The van der Waals surface area contributed by atoms with Crippen molar-refractivity contribution in [3.63, 3.8) is 0 Å². The smallest absolute Gasteiger partial charge is 0.267 e. The number of halogens is 2. The van der Waals surface area contributed by atoms with Crippen molar-refractivity contribution in [2.75, 3.05) is 11.9 Å². The van der Waals surface area contributed by atoms with Gasteiger partial charge in [-0.05, 0) is 78.5 Å². The van der Waals surface area contributed by atoms with Gasteiger partial charge in [0.15, 0.2) is 11.8 Å². The molecule has 12 heteroatoms. The Hall–Kier alpha value is -4.74. The highest BCUT2D eigenvalue weighted by molar-refractivity contribution is 8.18. The van der Waals surface area contributed by atoms with Gasteiger partial charge >= 0.3 is 0 Å². The van der Waals surface area contributed by atoms with E-state index in [-0.39, 0.29) is 19.1 Å². The molecule has 0 saturated carbocycles. The predicted octanol–water partition coefficient (Wildman–Crippen LogP) is 5.99. The molecule has 0 spiro atoms. The third-order valence-electron chi connectivity index (χ3n) is 5.56. The number of anilines is 1. The third-order valence-corrected chi connectivity index (χ3v) is 6.79. The van der Waals surface area contributed by atoms with Crippen LogP contribution in [0, 0.1) is 5.82 Å². The molecule has 1 aliphatic rings. The molecule has 2 aromatic heterocycles. The number of furan rings is 1. The molecule has 5 rings (SSSR count). The van der Waals surface area contributed by atoms with Crippen molar-refractivity contribution >= 4 is 58.3 Å². The number of ether oxygens (including phenoxy) is 1. The molecular formula is C29H21ClFN5O4S. The lowest BCUT2D eigenvalue weighted by atomic mass is 10.2. The Labute approximate surface area is 243 Å². The Bertz CT molecular complexity index is 1630. The van der Waals surface area contributed by atoms with Crippen LogP contribution in [0.15, 0.2) is 105 Å². The van der Waals surface area contributed by atoms with E-state index >= 15 is 0 Å². The van der Waals surface area contributed by atoms with E-state index in [0.29, 0.717) is 37.9 Å². The van der Waals surface area contributed by atoms with Crippen molar-refractivity contribution in [1.29, 1.82) is 0 Å². The maximum Gasteiger partial charge on any atom is 0.267 e. The minimum Gasteiger partial charge on any atom is -0.483 e. The quantitative estimate of drug-likeness (QED) is 0.146. The Morgan fingerprint density at radius 3 is 2.78 bits per heavy atom. The van der Waals surface area contributed by atoms with Crippen LogP contribution in [0.3, 0.4) is 0 Å². The minimum absolute atomic E-state index is 0.153. The van der Waals surface area contributed by atoms with Crippen molar-refractivity contribution in [2.45, 2.75) is 6.54 Å². The lowest BCUT2D eigenvalue weighted by Crippen LogP contribution is -2.28. The van der Waals surface area contributed by atoms with E-state index in [1.807, 2.05) is 6.07 Å². The normalized spacial score (nSPS) is 15.3. The number of benzene rings is 2. The van der Waals surface area contributed by atoms with E-state index < -0.39 is 11.7 Å². The van der Waals surface area contributed by atoms with Crippen molar-refractivity contribution in [1.82, 2.24) is 9.88 Å². The average Bonchev–Trinajstić information content (AvgIpc) is 3.59. The lowest BCUT2D eigenvalue weighted by molar-refractivity contribution is -0.122. The van der Waals surface area contributed by atoms with E-state index in [4.69, 9.17) is 20.8 Å². The summed E-state index contributed by atoms with van der Waals surface area (Å²) in [5.41, 5.74) is 1.67. The fraction of sp³-hybridized carbons (Fsp3) is 0.0690. The predicted molar refractivity (Wildman–Crippen MR) is 156 cm³/mol. The molecule has 0 atom stereocenters. The van der Waals surface area contributed by atoms with E-state index in [1.54, 1.807) is 54.9 Å². The number of nitrogens with zero attached hydrogens (tertiary/aromatic N) is 4. The van der Waals surface area contributed by atoms with Gasteiger partial charge < -0.3 is 14.5 Å². The number of amides is 2. The number of rotatable bonds is 9. The molecular weight excluding hydrogens is 569 g/mol. The van der Waals surface area contributed by atoms with Crippen molar-refractivity contribution in [2.24, 2.45) is 10.2 Å². The second-order valence-electron chi connectivity index (χ2n) is 8.52. The first-order valence-electron chi connectivity index (χ1n) is 12.2. The van der Waals surface area contributed by atoms with Crippen LogP contribution in [-0.2, 0) is 16.1 Å². The van der Waals surface area contributed by atoms with Crippen LogP contribution in [0.2, 0.25) is 5.02 Å². The zero-order valence-electron chi connectivity index (χ0n) is 21.2. The summed E-state index contributed by atoms with van der Waals surface area (Å²) in [5, 5.41) is 11.8. The molecule has 41 heavy (non-hydrogen) atoms. The second kappa shape index (κ2) is 13.1. The van der Waals surface area contributed by atoms with Gasteiger partial charge in [-0.15, -0.1) is 5.10 Å². The van der Waals surface area contributed by atoms with Crippen LogP contribution in [0.1, 0.15) is 16.9 Å². The highest BCUT2D eigenvalue weighted by atomic mass is 35.5. The molecule has 0 radical (unpaired) electrons. The molecule has 1 saturated heterocycles. The first-order valence-corrected chi connectivity index (χ1v) is 13.4. The van der Waals surface area contributed by atoms with Gasteiger partial charge in [0, 0.05) is 34.2 Å². The van der Waals surface area contributed by atoms with Gasteiger partial charge in [-0.25, -0.2) is 4.39 Å². The monoisotopic (exact) mass is 589 g/mol. The molecule has 1 aliphatic heterocycles.